The molecule has 1 atom stereocenters. The molecule has 40 heavy (non-hydrogen) atoms. The molecule has 1 N–H and O–H groups in total. The first-order valence-corrected chi connectivity index (χ1v) is 12.6. The third-order valence-electron chi connectivity index (χ3n) is 6.37. The van der Waals surface area contributed by atoms with Gasteiger partial charge in [0, 0.05) is 5.69 Å². The van der Waals surface area contributed by atoms with E-state index >= 15 is 0 Å². The molecule has 3 aromatic carbocycles. The number of nitrogens with one attached hydrogen (secondary N) is 1. The van der Waals surface area contributed by atoms with Gasteiger partial charge in [0.1, 0.15) is 17.6 Å². The number of rotatable bonds is 9. The molecule has 10 heteroatoms. The molecule has 4 aromatic rings. The maximum absolute atomic E-state index is 14.8. The van der Waals surface area contributed by atoms with Crippen molar-refractivity contribution in [2.75, 3.05) is 11.9 Å². The summed E-state index contributed by atoms with van der Waals surface area (Å²) in [5.74, 6) is -0.948. The lowest BCUT2D eigenvalue weighted by atomic mass is 10.0. The highest BCUT2D eigenvalue weighted by molar-refractivity contribution is 6.03. The quantitative estimate of drug-likeness (QED) is 0.235. The number of alkyl halides is 3. The molecule has 0 saturated heterocycles. The Bertz CT molecular complexity index is 1560. The van der Waals surface area contributed by atoms with Crippen LogP contribution >= 0.6 is 0 Å². The van der Waals surface area contributed by atoms with Crippen LogP contribution in [0, 0.1) is 23.1 Å². The summed E-state index contributed by atoms with van der Waals surface area (Å²) in [5.41, 5.74) is 1.29. The lowest BCUT2D eigenvalue weighted by Gasteiger charge is -2.20. The molecule has 204 valence electrons. The van der Waals surface area contributed by atoms with Crippen molar-refractivity contribution in [3.8, 4) is 11.8 Å². The molecule has 1 saturated carbocycles. The average Bonchev–Trinajstić information content (AvgIpc) is 3.65. The number of ether oxygens (including phenoxy) is 1. The Kier molecular flexibility index (Phi) is 7.67. The number of amides is 1. The fraction of sp³-hybridized carbons (Fsp3) is 0.233. The molecule has 0 aliphatic heterocycles. The lowest BCUT2D eigenvalue weighted by Crippen LogP contribution is -2.17. The molecule has 0 spiro atoms. The maximum atomic E-state index is 14.8. The Morgan fingerprint density at radius 3 is 2.52 bits per heavy atom. The van der Waals surface area contributed by atoms with E-state index in [-0.39, 0.29) is 28.3 Å². The van der Waals surface area contributed by atoms with Gasteiger partial charge < -0.3 is 10.1 Å². The van der Waals surface area contributed by atoms with Crippen molar-refractivity contribution in [3.63, 3.8) is 0 Å². The van der Waals surface area contributed by atoms with Gasteiger partial charge in [0.25, 0.3) is 5.91 Å². The molecule has 1 unspecified atom stereocenters. The van der Waals surface area contributed by atoms with Gasteiger partial charge >= 0.3 is 6.18 Å². The van der Waals surface area contributed by atoms with Crippen molar-refractivity contribution in [2.45, 2.75) is 31.5 Å². The van der Waals surface area contributed by atoms with Crippen molar-refractivity contribution in [3.05, 3.63) is 113 Å². The second-order valence-corrected chi connectivity index (χ2v) is 9.68. The monoisotopic (exact) mass is 548 g/mol. The molecule has 1 aliphatic rings. The number of anilines is 1. The van der Waals surface area contributed by atoms with Gasteiger partial charge in [-0.2, -0.15) is 23.5 Å². The molecule has 6 nitrogen and oxygen atoms in total. The molecule has 0 bridgehead atoms. The Morgan fingerprint density at radius 2 is 1.82 bits per heavy atom. The molecule has 1 aliphatic carbocycles. The summed E-state index contributed by atoms with van der Waals surface area (Å²) in [4.78, 5) is 13.4. The molecular formula is C30H24F4N4O2. The summed E-state index contributed by atoms with van der Waals surface area (Å²) in [6.07, 6.45) is -4.32. The van der Waals surface area contributed by atoms with E-state index in [1.807, 2.05) is 36.4 Å². The summed E-state index contributed by atoms with van der Waals surface area (Å²) in [5, 5.41) is 15.8. The Morgan fingerprint density at radius 1 is 1.05 bits per heavy atom. The van der Waals surface area contributed by atoms with Crippen LogP contribution in [-0.4, -0.2) is 28.5 Å². The largest absolute Gasteiger partial charge is 0.394 e. The van der Waals surface area contributed by atoms with Gasteiger partial charge in [-0.3, -0.25) is 4.79 Å². The highest BCUT2D eigenvalue weighted by Crippen LogP contribution is 2.34. The van der Waals surface area contributed by atoms with Crippen molar-refractivity contribution < 1.29 is 27.1 Å². The van der Waals surface area contributed by atoms with Crippen LogP contribution in [0.1, 0.15) is 51.8 Å². The highest BCUT2D eigenvalue weighted by Gasteiger charge is 2.31. The van der Waals surface area contributed by atoms with Gasteiger partial charge in [-0.05, 0) is 72.4 Å². The smallest absolute Gasteiger partial charge is 0.368 e. The maximum Gasteiger partial charge on any atom is 0.394 e. The number of carbonyl (C=O) groups is 1. The summed E-state index contributed by atoms with van der Waals surface area (Å²) in [6.45, 7) is 0.515. The molecule has 5 rings (SSSR count). The standard InChI is InChI=1S/C30H24F4N4O2/c31-23-12-22(28(40-18-19-9-10-19)21-6-2-1-3-7-21)13-24(14-23)36-29(39)27-15-25(16-30(32,33)34)37-38(27)26-8-4-5-20(11-26)17-35/h1-8,11-15,19,28H,9-10,16,18H2,(H,36,39). The van der Waals surface area contributed by atoms with Gasteiger partial charge in [-0.1, -0.05) is 36.4 Å². The fourth-order valence-corrected chi connectivity index (χ4v) is 4.35. The van der Waals surface area contributed by atoms with Crippen molar-refractivity contribution in [1.82, 2.24) is 9.78 Å². The van der Waals surface area contributed by atoms with Gasteiger partial charge in [0.15, 0.2) is 0 Å². The van der Waals surface area contributed by atoms with Gasteiger partial charge in [-0.25, -0.2) is 9.07 Å². The molecule has 1 amide bonds. The summed E-state index contributed by atoms with van der Waals surface area (Å²) < 4.78 is 61.4. The Labute approximate surface area is 227 Å². The van der Waals surface area contributed by atoms with Crippen LogP contribution in [0.3, 0.4) is 0 Å². The minimum absolute atomic E-state index is 0.104. The molecule has 0 radical (unpaired) electrons. The highest BCUT2D eigenvalue weighted by atomic mass is 19.4. The van der Waals surface area contributed by atoms with Crippen LogP contribution in [0.15, 0.2) is 78.9 Å². The van der Waals surface area contributed by atoms with Gasteiger partial charge in [0.05, 0.1) is 36.0 Å². The molecule has 1 heterocycles. The molecular weight excluding hydrogens is 524 g/mol. The SMILES string of the molecule is N#Cc1cccc(-n2nc(CC(F)(F)F)cc2C(=O)Nc2cc(F)cc(C(OCC3CC3)c3ccccc3)c2)c1. The summed E-state index contributed by atoms with van der Waals surface area (Å²) in [7, 11) is 0. The minimum Gasteiger partial charge on any atom is -0.368 e. The number of carbonyl (C=O) groups excluding carboxylic acids is 1. The fourth-order valence-electron chi connectivity index (χ4n) is 4.35. The van der Waals surface area contributed by atoms with Crippen molar-refractivity contribution >= 4 is 11.6 Å². The number of nitriles is 1. The number of aromatic nitrogens is 2. The van der Waals surface area contributed by atoms with E-state index in [4.69, 9.17) is 4.74 Å². The van der Waals surface area contributed by atoms with Gasteiger partial charge in [0.2, 0.25) is 0 Å². The minimum atomic E-state index is -4.55. The first-order valence-electron chi connectivity index (χ1n) is 12.6. The number of hydrogen-bond donors (Lipinski definition) is 1. The summed E-state index contributed by atoms with van der Waals surface area (Å²) >= 11 is 0. The second kappa shape index (κ2) is 11.3. The van der Waals surface area contributed by atoms with E-state index in [1.54, 1.807) is 6.07 Å². The van der Waals surface area contributed by atoms with Crippen LogP contribution in [0.2, 0.25) is 0 Å². The second-order valence-electron chi connectivity index (χ2n) is 9.68. The zero-order valence-corrected chi connectivity index (χ0v) is 21.2. The predicted molar refractivity (Wildman–Crippen MR) is 139 cm³/mol. The predicted octanol–water partition coefficient (Wildman–Crippen LogP) is 6.76. The normalized spacial score (nSPS) is 14.0. The number of nitrogens with zero attached hydrogens (tertiary/aromatic N) is 3. The third-order valence-corrected chi connectivity index (χ3v) is 6.37. The zero-order chi connectivity index (χ0) is 28.3. The number of benzene rings is 3. The van der Waals surface area contributed by atoms with Crippen LogP contribution in [0.4, 0.5) is 23.2 Å². The lowest BCUT2D eigenvalue weighted by molar-refractivity contribution is -0.127. The van der Waals surface area contributed by atoms with E-state index < -0.39 is 30.4 Å². The molecule has 1 fully saturated rings. The van der Waals surface area contributed by atoms with Crippen LogP contribution in [-0.2, 0) is 11.2 Å². The van der Waals surface area contributed by atoms with E-state index in [2.05, 4.69) is 10.4 Å². The van der Waals surface area contributed by atoms with Crippen LogP contribution < -0.4 is 5.32 Å². The van der Waals surface area contributed by atoms with Crippen LogP contribution in [0.25, 0.3) is 5.69 Å². The number of halogens is 4. The zero-order valence-electron chi connectivity index (χ0n) is 21.2. The first-order chi connectivity index (χ1) is 19.2. The van der Waals surface area contributed by atoms with Crippen molar-refractivity contribution in [2.24, 2.45) is 5.92 Å². The third kappa shape index (κ3) is 6.74. The van der Waals surface area contributed by atoms with E-state index in [0.29, 0.717) is 18.1 Å². The van der Waals surface area contributed by atoms with Gasteiger partial charge in [-0.15, -0.1) is 0 Å². The van der Waals surface area contributed by atoms with Crippen LogP contribution in [0.5, 0.6) is 0 Å². The Hall–Kier alpha value is -4.49. The van der Waals surface area contributed by atoms with E-state index in [0.717, 1.165) is 35.2 Å². The van der Waals surface area contributed by atoms with E-state index in [1.165, 1.54) is 30.3 Å². The Balaban J connectivity index is 1.47. The topological polar surface area (TPSA) is 79.9 Å². The molecule has 1 aromatic heterocycles. The number of hydrogen-bond acceptors (Lipinski definition) is 4. The van der Waals surface area contributed by atoms with E-state index in [9.17, 15) is 27.6 Å². The first kappa shape index (κ1) is 27.1. The summed E-state index contributed by atoms with van der Waals surface area (Å²) in [6, 6.07) is 22.3. The van der Waals surface area contributed by atoms with Crippen molar-refractivity contribution in [1.29, 1.82) is 5.26 Å². The average molecular weight is 549 g/mol.